The molecule has 0 radical (unpaired) electrons. The number of carboxylic acids is 1. The lowest BCUT2D eigenvalue weighted by molar-refractivity contribution is -0.160. The lowest BCUT2D eigenvalue weighted by Gasteiger charge is -2.10. The molecule has 0 aromatic heterocycles. The van der Waals surface area contributed by atoms with Crippen LogP contribution in [0, 0.1) is 0 Å². The number of rotatable bonds is 6. The highest BCUT2D eigenvalue weighted by Gasteiger charge is 2.16. The van der Waals surface area contributed by atoms with Crippen LogP contribution in [0.25, 0.3) is 0 Å². The average Bonchev–Trinajstić information content (AvgIpc) is 2.25. The molecule has 0 fully saturated rings. The van der Waals surface area contributed by atoms with Gasteiger partial charge in [0.1, 0.15) is 11.4 Å². The van der Waals surface area contributed by atoms with Crippen LogP contribution in [0.1, 0.15) is 13.3 Å². The number of carboxylic acid groups (broad SMARTS) is 1. The molecule has 1 unspecified atom stereocenters. The van der Waals surface area contributed by atoms with Crippen molar-refractivity contribution < 1.29 is 33.8 Å². The van der Waals surface area contributed by atoms with Gasteiger partial charge in [0.2, 0.25) is 0 Å². The molecule has 0 rings (SSSR count). The van der Waals surface area contributed by atoms with Crippen LogP contribution in [0.3, 0.4) is 0 Å². The Bertz CT molecular complexity index is 374. The quantitative estimate of drug-likeness (QED) is 0.326. The summed E-state index contributed by atoms with van der Waals surface area (Å²) in [6.07, 6.45) is 0.201. The highest BCUT2D eigenvalue weighted by Crippen LogP contribution is 2.01. The molecule has 0 spiro atoms. The largest absolute Gasteiger partial charge is 0.478 e. The van der Waals surface area contributed by atoms with Crippen LogP contribution in [0.2, 0.25) is 0 Å². The van der Waals surface area contributed by atoms with E-state index in [1.165, 1.54) is 6.92 Å². The highest BCUT2D eigenvalue weighted by atomic mass is 79.9. The van der Waals surface area contributed by atoms with Gasteiger partial charge in [0, 0.05) is 12.2 Å². The van der Waals surface area contributed by atoms with Crippen LogP contribution in [-0.2, 0) is 28.7 Å². The van der Waals surface area contributed by atoms with E-state index in [0.29, 0.717) is 12.2 Å². The minimum atomic E-state index is -1.29. The second-order valence-corrected chi connectivity index (χ2v) is 3.66. The van der Waals surface area contributed by atoms with E-state index in [0.717, 1.165) is 0 Å². The van der Waals surface area contributed by atoms with E-state index in [4.69, 9.17) is 5.11 Å². The topological polar surface area (TPSA) is 107 Å². The van der Waals surface area contributed by atoms with Gasteiger partial charge < -0.3 is 14.6 Å². The van der Waals surface area contributed by atoms with E-state index in [1.54, 1.807) is 0 Å². The maximum Gasteiger partial charge on any atom is 0.331 e. The standard InChI is InChI=1S/C10H11BrO7/c1-6(4-9(15)18-10(16)5-11)17-8(14)3-2-7(12)13/h2-3,6H,4-5H2,1H3,(H,12,13)/b3-2+. The molecule has 0 saturated carbocycles. The smallest absolute Gasteiger partial charge is 0.331 e. The number of halogens is 1. The van der Waals surface area contributed by atoms with E-state index >= 15 is 0 Å². The van der Waals surface area contributed by atoms with Crippen molar-refractivity contribution in [2.45, 2.75) is 19.4 Å². The van der Waals surface area contributed by atoms with Crippen LogP contribution in [-0.4, -0.2) is 40.4 Å². The molecule has 0 amide bonds. The second-order valence-electron chi connectivity index (χ2n) is 3.10. The van der Waals surface area contributed by atoms with Crippen molar-refractivity contribution in [1.82, 2.24) is 0 Å². The summed E-state index contributed by atoms with van der Waals surface area (Å²) in [6, 6.07) is 0. The summed E-state index contributed by atoms with van der Waals surface area (Å²) in [7, 11) is 0. The van der Waals surface area contributed by atoms with Crippen molar-refractivity contribution in [3.63, 3.8) is 0 Å². The number of aliphatic carboxylic acids is 1. The zero-order chi connectivity index (χ0) is 14.1. The lowest BCUT2D eigenvalue weighted by Crippen LogP contribution is -2.21. The maximum absolute atomic E-state index is 11.1. The van der Waals surface area contributed by atoms with E-state index < -0.39 is 30.0 Å². The van der Waals surface area contributed by atoms with Gasteiger partial charge in [-0.3, -0.25) is 9.59 Å². The van der Waals surface area contributed by atoms with Crippen LogP contribution >= 0.6 is 15.9 Å². The molecule has 7 nitrogen and oxygen atoms in total. The summed E-state index contributed by atoms with van der Waals surface area (Å²) in [6.45, 7) is 1.41. The van der Waals surface area contributed by atoms with Gasteiger partial charge in [-0.15, -0.1) is 0 Å². The van der Waals surface area contributed by atoms with Gasteiger partial charge in [-0.05, 0) is 6.92 Å². The second kappa shape index (κ2) is 8.40. The third-order valence-electron chi connectivity index (χ3n) is 1.47. The molecule has 18 heavy (non-hydrogen) atoms. The predicted octanol–water partition coefficient (Wildman–Crippen LogP) is 0.414. The Hall–Kier alpha value is -1.70. The Balaban J connectivity index is 4.07. The third-order valence-corrected chi connectivity index (χ3v) is 1.93. The van der Waals surface area contributed by atoms with Gasteiger partial charge >= 0.3 is 23.9 Å². The molecule has 100 valence electrons. The molecule has 0 aromatic carbocycles. The number of esters is 3. The lowest BCUT2D eigenvalue weighted by atomic mass is 10.3. The molecule has 0 aliphatic heterocycles. The summed E-state index contributed by atoms with van der Waals surface area (Å²) in [5.74, 6) is -3.77. The van der Waals surface area contributed by atoms with Crippen LogP contribution in [0.5, 0.6) is 0 Å². The van der Waals surface area contributed by atoms with Gasteiger partial charge in [0.15, 0.2) is 0 Å². The summed E-state index contributed by atoms with van der Waals surface area (Å²) in [5.41, 5.74) is 0. The Morgan fingerprint density at radius 1 is 1.22 bits per heavy atom. The first-order chi connectivity index (χ1) is 8.35. The van der Waals surface area contributed by atoms with Crippen molar-refractivity contribution in [3.05, 3.63) is 12.2 Å². The molecule has 0 aromatic rings. The molecule has 0 aliphatic rings. The van der Waals surface area contributed by atoms with E-state index in [1.807, 2.05) is 0 Å². The predicted molar refractivity (Wildman–Crippen MR) is 61.8 cm³/mol. The van der Waals surface area contributed by atoms with Crippen molar-refractivity contribution >= 4 is 39.8 Å². The van der Waals surface area contributed by atoms with Crippen molar-refractivity contribution in [3.8, 4) is 0 Å². The van der Waals surface area contributed by atoms with Crippen molar-refractivity contribution in [2.24, 2.45) is 0 Å². The molecule has 1 N–H and O–H groups in total. The van der Waals surface area contributed by atoms with Crippen molar-refractivity contribution in [2.75, 3.05) is 5.33 Å². The zero-order valence-corrected chi connectivity index (χ0v) is 11.0. The van der Waals surface area contributed by atoms with Crippen molar-refractivity contribution in [1.29, 1.82) is 0 Å². The molecule has 0 aliphatic carbocycles. The van der Waals surface area contributed by atoms with E-state index in [9.17, 15) is 19.2 Å². The summed E-state index contributed by atoms with van der Waals surface area (Å²) >= 11 is 2.81. The molecular formula is C10H11BrO7. The first-order valence-electron chi connectivity index (χ1n) is 4.76. The first kappa shape index (κ1) is 16.3. The van der Waals surface area contributed by atoms with Gasteiger partial charge in [-0.1, -0.05) is 15.9 Å². The maximum atomic E-state index is 11.1. The summed E-state index contributed by atoms with van der Waals surface area (Å²) in [4.78, 5) is 43.0. The zero-order valence-electron chi connectivity index (χ0n) is 9.42. The fourth-order valence-corrected chi connectivity index (χ4v) is 0.964. The van der Waals surface area contributed by atoms with Crippen LogP contribution in [0.4, 0.5) is 0 Å². The van der Waals surface area contributed by atoms with E-state index in [-0.39, 0.29) is 11.8 Å². The molecule has 1 atom stereocenters. The number of ether oxygens (including phenoxy) is 2. The molecule has 0 saturated heterocycles. The van der Waals surface area contributed by atoms with Gasteiger partial charge in [0.05, 0.1) is 6.42 Å². The summed E-state index contributed by atoms with van der Waals surface area (Å²) in [5, 5.41) is 8.14. The normalized spacial score (nSPS) is 11.9. The Labute approximate surface area is 111 Å². The van der Waals surface area contributed by atoms with Gasteiger partial charge in [0.25, 0.3) is 0 Å². The Morgan fingerprint density at radius 3 is 2.33 bits per heavy atom. The van der Waals surface area contributed by atoms with Crippen LogP contribution in [0.15, 0.2) is 12.2 Å². The molecule has 0 heterocycles. The SMILES string of the molecule is CC(CC(=O)OC(=O)CBr)OC(=O)/C=C/C(=O)O. The number of hydrogen-bond acceptors (Lipinski definition) is 6. The average molecular weight is 323 g/mol. The summed E-state index contributed by atoms with van der Waals surface area (Å²) < 4.78 is 9.00. The minimum Gasteiger partial charge on any atom is -0.478 e. The first-order valence-corrected chi connectivity index (χ1v) is 5.88. The number of alkyl halides is 1. The number of carbonyl (C=O) groups excluding carboxylic acids is 3. The Morgan fingerprint density at radius 2 is 1.83 bits per heavy atom. The molecule has 0 bridgehead atoms. The third kappa shape index (κ3) is 8.45. The fourth-order valence-electron chi connectivity index (χ4n) is 0.849. The van der Waals surface area contributed by atoms with Crippen LogP contribution < -0.4 is 0 Å². The van der Waals surface area contributed by atoms with E-state index in [2.05, 4.69) is 25.4 Å². The highest BCUT2D eigenvalue weighted by molar-refractivity contribution is 9.09. The number of carbonyl (C=O) groups is 4. The number of hydrogen-bond donors (Lipinski definition) is 1. The molecular weight excluding hydrogens is 312 g/mol. The monoisotopic (exact) mass is 322 g/mol. The molecule has 8 heteroatoms. The minimum absolute atomic E-state index is 0.117. The fraction of sp³-hybridized carbons (Fsp3) is 0.400. The van der Waals surface area contributed by atoms with Gasteiger partial charge in [-0.2, -0.15) is 0 Å². The van der Waals surface area contributed by atoms with Gasteiger partial charge in [-0.25, -0.2) is 9.59 Å². The Kier molecular flexibility index (Phi) is 7.61.